The average Bonchev–Trinajstić information content (AvgIpc) is 2.40. The van der Waals surface area contributed by atoms with Crippen LogP contribution in [-0.4, -0.2) is 24.1 Å². The van der Waals surface area contributed by atoms with Gasteiger partial charge in [-0.1, -0.05) is 11.6 Å². The lowest BCUT2D eigenvalue weighted by molar-refractivity contribution is -0.137. The van der Waals surface area contributed by atoms with Gasteiger partial charge in [-0.05, 0) is 18.2 Å². The topological polar surface area (TPSA) is 41.0 Å². The number of hydrogen-bond acceptors (Lipinski definition) is 4. The van der Waals surface area contributed by atoms with Gasteiger partial charge in [-0.25, -0.2) is 9.97 Å². The van der Waals surface area contributed by atoms with Gasteiger partial charge in [0.05, 0.1) is 22.5 Å². The first-order valence-corrected chi connectivity index (χ1v) is 6.28. The molecule has 8 heteroatoms. The molecule has 0 radical (unpaired) electrons. The maximum atomic E-state index is 12.5. The lowest BCUT2D eigenvalue weighted by atomic mass is 10.2. The highest BCUT2D eigenvalue weighted by atomic mass is 35.5. The molecule has 0 amide bonds. The molecule has 2 aromatic rings. The van der Waals surface area contributed by atoms with Crippen LogP contribution in [0.1, 0.15) is 5.56 Å². The van der Waals surface area contributed by atoms with Gasteiger partial charge in [-0.15, -0.1) is 0 Å². The summed E-state index contributed by atoms with van der Waals surface area (Å²) < 4.78 is 37.5. The minimum atomic E-state index is -4.47. The fourth-order valence-corrected chi connectivity index (χ4v) is 1.76. The predicted octanol–water partition coefficient (Wildman–Crippen LogP) is 3.96. The second kappa shape index (κ2) is 5.77. The molecular weight excluding hydrogens is 305 g/mol. The van der Waals surface area contributed by atoms with E-state index in [0.29, 0.717) is 5.69 Å². The van der Waals surface area contributed by atoms with Crippen LogP contribution in [0.25, 0.3) is 0 Å². The van der Waals surface area contributed by atoms with Gasteiger partial charge in [-0.3, -0.25) is 0 Å². The summed E-state index contributed by atoms with van der Waals surface area (Å²) in [6, 6.07) is 4.33. The zero-order valence-corrected chi connectivity index (χ0v) is 12.0. The highest BCUT2D eigenvalue weighted by Crippen LogP contribution is 2.33. The number of anilines is 3. The molecule has 112 valence electrons. The molecule has 2 aromatic heterocycles. The fraction of sp³-hybridized carbons (Fsp3) is 0.231. The molecule has 0 fully saturated rings. The molecule has 0 aliphatic rings. The Hall–Kier alpha value is -2.02. The minimum absolute atomic E-state index is 0.110. The van der Waals surface area contributed by atoms with E-state index >= 15 is 0 Å². The van der Waals surface area contributed by atoms with Crippen LogP contribution in [0.4, 0.5) is 30.5 Å². The third-order valence-electron chi connectivity index (χ3n) is 2.64. The average molecular weight is 317 g/mol. The van der Waals surface area contributed by atoms with E-state index in [4.69, 9.17) is 11.6 Å². The maximum absolute atomic E-state index is 12.5. The second-order valence-electron chi connectivity index (χ2n) is 4.48. The normalized spacial score (nSPS) is 11.3. The van der Waals surface area contributed by atoms with E-state index in [9.17, 15) is 13.2 Å². The maximum Gasteiger partial charge on any atom is 0.417 e. The molecule has 21 heavy (non-hydrogen) atoms. The van der Waals surface area contributed by atoms with E-state index in [2.05, 4.69) is 15.3 Å². The van der Waals surface area contributed by atoms with Gasteiger partial charge in [0.2, 0.25) is 0 Å². The van der Waals surface area contributed by atoms with Gasteiger partial charge in [0.25, 0.3) is 0 Å². The standard InChI is InChI=1S/C13H12ClF3N4/c1-21(2)11-4-3-9(7-18-11)20-12-10(14)5-8(6-19-12)13(15,16)17/h3-7H,1-2H3,(H,19,20). The van der Waals surface area contributed by atoms with Crippen molar-refractivity contribution in [1.29, 1.82) is 0 Å². The molecule has 0 unspecified atom stereocenters. The smallest absolute Gasteiger partial charge is 0.363 e. The molecule has 1 N–H and O–H groups in total. The summed E-state index contributed by atoms with van der Waals surface area (Å²) in [5.41, 5.74) is -0.311. The number of rotatable bonds is 3. The summed E-state index contributed by atoms with van der Waals surface area (Å²) in [5, 5.41) is 2.72. The van der Waals surface area contributed by atoms with Crippen LogP contribution in [-0.2, 0) is 6.18 Å². The third-order valence-corrected chi connectivity index (χ3v) is 2.93. The van der Waals surface area contributed by atoms with Crippen molar-refractivity contribution in [2.75, 3.05) is 24.3 Å². The first-order valence-electron chi connectivity index (χ1n) is 5.90. The predicted molar refractivity (Wildman–Crippen MR) is 76.1 cm³/mol. The van der Waals surface area contributed by atoms with Crippen molar-refractivity contribution in [3.63, 3.8) is 0 Å². The van der Waals surface area contributed by atoms with E-state index in [1.165, 1.54) is 0 Å². The summed E-state index contributed by atoms with van der Waals surface area (Å²) in [7, 11) is 3.70. The Labute approximate surface area is 124 Å². The Balaban J connectivity index is 2.20. The molecular formula is C13H12ClF3N4. The number of nitrogens with one attached hydrogen (secondary N) is 1. The van der Waals surface area contributed by atoms with Gasteiger partial charge in [0, 0.05) is 20.3 Å². The Morgan fingerprint density at radius 3 is 2.33 bits per heavy atom. The van der Waals surface area contributed by atoms with Crippen molar-refractivity contribution < 1.29 is 13.2 Å². The molecule has 0 aromatic carbocycles. The fourth-order valence-electron chi connectivity index (χ4n) is 1.55. The summed E-state index contributed by atoms with van der Waals surface area (Å²) in [6.07, 6.45) is -2.19. The molecule has 2 heterocycles. The zero-order valence-electron chi connectivity index (χ0n) is 11.2. The number of pyridine rings is 2. The Morgan fingerprint density at radius 1 is 1.14 bits per heavy atom. The monoisotopic (exact) mass is 316 g/mol. The van der Waals surface area contributed by atoms with Crippen LogP contribution < -0.4 is 10.2 Å². The van der Waals surface area contributed by atoms with E-state index in [-0.39, 0.29) is 10.8 Å². The highest BCUT2D eigenvalue weighted by molar-refractivity contribution is 6.33. The second-order valence-corrected chi connectivity index (χ2v) is 4.88. The molecule has 0 bridgehead atoms. The first kappa shape index (κ1) is 15.4. The number of halogens is 4. The molecule has 0 saturated carbocycles. The molecule has 0 aliphatic carbocycles. The van der Waals surface area contributed by atoms with Crippen molar-refractivity contribution in [3.8, 4) is 0 Å². The summed E-state index contributed by atoms with van der Waals surface area (Å²) in [4.78, 5) is 9.70. The van der Waals surface area contributed by atoms with Gasteiger partial charge in [0.15, 0.2) is 0 Å². The van der Waals surface area contributed by atoms with Crippen molar-refractivity contribution in [3.05, 3.63) is 41.2 Å². The van der Waals surface area contributed by atoms with E-state index < -0.39 is 11.7 Å². The summed E-state index contributed by atoms with van der Waals surface area (Å²) in [6.45, 7) is 0. The molecule has 0 atom stereocenters. The minimum Gasteiger partial charge on any atom is -0.363 e. The number of nitrogens with zero attached hydrogens (tertiary/aromatic N) is 3. The van der Waals surface area contributed by atoms with E-state index in [1.54, 1.807) is 18.3 Å². The SMILES string of the molecule is CN(C)c1ccc(Nc2ncc(C(F)(F)F)cc2Cl)cn1. The van der Waals surface area contributed by atoms with Gasteiger partial charge < -0.3 is 10.2 Å². The molecule has 2 rings (SSSR count). The Kier molecular flexibility index (Phi) is 4.22. The summed E-state index contributed by atoms with van der Waals surface area (Å²) >= 11 is 5.81. The number of hydrogen-bond donors (Lipinski definition) is 1. The van der Waals surface area contributed by atoms with Crippen LogP contribution >= 0.6 is 11.6 Å². The van der Waals surface area contributed by atoms with Crippen molar-refractivity contribution in [1.82, 2.24) is 9.97 Å². The van der Waals surface area contributed by atoms with Gasteiger partial charge in [0.1, 0.15) is 11.6 Å². The molecule has 0 saturated heterocycles. The summed E-state index contributed by atoms with van der Waals surface area (Å²) in [5.74, 6) is 0.899. The lowest BCUT2D eigenvalue weighted by Crippen LogP contribution is -2.10. The third kappa shape index (κ3) is 3.75. The number of alkyl halides is 3. The molecule has 4 nitrogen and oxygen atoms in total. The number of aromatic nitrogens is 2. The van der Waals surface area contributed by atoms with Gasteiger partial charge in [-0.2, -0.15) is 13.2 Å². The lowest BCUT2D eigenvalue weighted by Gasteiger charge is -2.13. The van der Waals surface area contributed by atoms with Crippen LogP contribution in [0.3, 0.4) is 0 Å². The molecule has 0 spiro atoms. The Morgan fingerprint density at radius 2 is 1.86 bits per heavy atom. The highest BCUT2D eigenvalue weighted by Gasteiger charge is 2.31. The van der Waals surface area contributed by atoms with E-state index in [1.807, 2.05) is 19.0 Å². The van der Waals surface area contributed by atoms with Crippen LogP contribution in [0.2, 0.25) is 5.02 Å². The van der Waals surface area contributed by atoms with Crippen LogP contribution in [0.5, 0.6) is 0 Å². The van der Waals surface area contributed by atoms with Gasteiger partial charge >= 0.3 is 6.18 Å². The van der Waals surface area contributed by atoms with E-state index in [0.717, 1.165) is 18.1 Å². The Bertz CT molecular complexity index is 626. The van der Waals surface area contributed by atoms with Crippen molar-refractivity contribution in [2.45, 2.75) is 6.18 Å². The zero-order chi connectivity index (χ0) is 15.6. The van der Waals surface area contributed by atoms with Crippen LogP contribution in [0.15, 0.2) is 30.6 Å². The molecule has 0 aliphatic heterocycles. The first-order chi connectivity index (χ1) is 9.77. The van der Waals surface area contributed by atoms with Crippen molar-refractivity contribution in [2.24, 2.45) is 0 Å². The van der Waals surface area contributed by atoms with Crippen molar-refractivity contribution >= 4 is 28.9 Å². The largest absolute Gasteiger partial charge is 0.417 e. The van der Waals surface area contributed by atoms with Crippen LogP contribution in [0, 0.1) is 0 Å². The quantitative estimate of drug-likeness (QED) is 0.930.